The van der Waals surface area contributed by atoms with E-state index in [-0.39, 0.29) is 11.3 Å². The number of nitrogens with zero attached hydrogens (tertiary/aromatic N) is 3. The Morgan fingerprint density at radius 1 is 1.40 bits per heavy atom. The monoisotopic (exact) mass is 272 g/mol. The van der Waals surface area contributed by atoms with Crippen LogP contribution in [0.3, 0.4) is 0 Å². The van der Waals surface area contributed by atoms with Gasteiger partial charge in [0.2, 0.25) is 0 Å². The van der Waals surface area contributed by atoms with E-state index in [1.165, 1.54) is 16.7 Å². The van der Waals surface area contributed by atoms with Crippen molar-refractivity contribution in [3.05, 3.63) is 52.2 Å². The minimum Gasteiger partial charge on any atom is -0.478 e. The van der Waals surface area contributed by atoms with E-state index in [2.05, 4.69) is 10.1 Å². The second-order valence-electron chi connectivity index (χ2n) is 4.53. The molecule has 0 saturated heterocycles. The first-order valence-electron chi connectivity index (χ1n) is 5.99. The summed E-state index contributed by atoms with van der Waals surface area (Å²) in [5, 5.41) is 13.2. The highest BCUT2D eigenvalue weighted by Gasteiger charge is 2.11. The lowest BCUT2D eigenvalue weighted by atomic mass is 10.2. The van der Waals surface area contributed by atoms with E-state index in [0.717, 1.165) is 5.69 Å². The van der Waals surface area contributed by atoms with Gasteiger partial charge in [-0.1, -0.05) is 0 Å². The zero-order chi connectivity index (χ0) is 14.3. The van der Waals surface area contributed by atoms with E-state index in [1.807, 2.05) is 6.07 Å². The quantitative estimate of drug-likeness (QED) is 0.738. The summed E-state index contributed by atoms with van der Waals surface area (Å²) in [5.41, 5.74) is 1.78. The van der Waals surface area contributed by atoms with Crippen molar-refractivity contribution in [1.29, 1.82) is 0 Å². The molecule has 0 bridgehead atoms. The van der Waals surface area contributed by atoms with Crippen LogP contribution in [0.2, 0.25) is 0 Å². The number of aromatic carboxylic acids is 1. The van der Waals surface area contributed by atoms with Crippen LogP contribution in [0.15, 0.2) is 35.3 Å². The second-order valence-corrected chi connectivity index (χ2v) is 4.53. The van der Waals surface area contributed by atoms with Crippen molar-refractivity contribution in [2.45, 2.75) is 6.54 Å². The average Bonchev–Trinajstić information content (AvgIpc) is 2.94. The van der Waals surface area contributed by atoms with Crippen LogP contribution in [-0.4, -0.2) is 30.4 Å². The summed E-state index contributed by atoms with van der Waals surface area (Å²) < 4.78 is 3.20. The van der Waals surface area contributed by atoms with Crippen molar-refractivity contribution in [1.82, 2.24) is 19.3 Å². The number of benzene rings is 1. The Morgan fingerprint density at radius 2 is 2.20 bits per heavy atom. The maximum absolute atomic E-state index is 12.0. The smallest absolute Gasteiger partial charge is 0.335 e. The third-order valence-corrected chi connectivity index (χ3v) is 3.11. The van der Waals surface area contributed by atoms with Gasteiger partial charge >= 0.3 is 11.7 Å². The topological polar surface area (TPSA) is 92.9 Å². The number of aromatic amines is 1. The molecule has 0 aliphatic heterocycles. The number of rotatable bonds is 3. The lowest BCUT2D eigenvalue weighted by Crippen LogP contribution is -2.17. The van der Waals surface area contributed by atoms with Crippen LogP contribution in [-0.2, 0) is 13.6 Å². The molecule has 1 aromatic carbocycles. The minimum atomic E-state index is -1.02. The van der Waals surface area contributed by atoms with Gasteiger partial charge in [0, 0.05) is 13.2 Å². The summed E-state index contributed by atoms with van der Waals surface area (Å²) in [6, 6.07) is 6.39. The predicted octanol–water partition coefficient (Wildman–Crippen LogP) is 0.810. The Balaban J connectivity index is 2.09. The number of aryl methyl sites for hydroxylation is 1. The highest BCUT2D eigenvalue weighted by molar-refractivity contribution is 5.92. The summed E-state index contributed by atoms with van der Waals surface area (Å²) in [5.74, 6) is -1.02. The van der Waals surface area contributed by atoms with E-state index < -0.39 is 5.97 Å². The Hall–Kier alpha value is -2.83. The van der Waals surface area contributed by atoms with Gasteiger partial charge in [-0.15, -0.1) is 0 Å². The molecular weight excluding hydrogens is 260 g/mol. The lowest BCUT2D eigenvalue weighted by molar-refractivity contribution is 0.0697. The zero-order valence-electron chi connectivity index (χ0n) is 10.7. The number of H-pyrrole nitrogens is 1. The van der Waals surface area contributed by atoms with E-state index in [1.54, 1.807) is 24.0 Å². The molecule has 0 aliphatic rings. The fourth-order valence-electron chi connectivity index (χ4n) is 2.16. The molecule has 0 atom stereocenters. The van der Waals surface area contributed by atoms with Gasteiger partial charge < -0.3 is 10.1 Å². The highest BCUT2D eigenvalue weighted by atomic mass is 16.4. The standard InChI is InChI=1S/C13H12N4O3/c1-16-5-4-9(15-16)7-17-11-3-2-8(12(18)19)6-10(11)14-13(17)20/h2-6H,7H2,1H3,(H,14,20)(H,18,19). The molecule has 0 saturated carbocycles. The van der Waals surface area contributed by atoms with Crippen molar-refractivity contribution >= 4 is 17.0 Å². The third kappa shape index (κ3) is 1.99. The van der Waals surface area contributed by atoms with Gasteiger partial charge in [0.05, 0.1) is 28.8 Å². The van der Waals surface area contributed by atoms with Crippen LogP contribution in [0.1, 0.15) is 16.1 Å². The van der Waals surface area contributed by atoms with Gasteiger partial charge in [-0.3, -0.25) is 9.25 Å². The van der Waals surface area contributed by atoms with E-state index in [4.69, 9.17) is 5.11 Å². The average molecular weight is 272 g/mol. The molecule has 0 amide bonds. The van der Waals surface area contributed by atoms with E-state index >= 15 is 0 Å². The summed E-state index contributed by atoms with van der Waals surface area (Å²) in [4.78, 5) is 25.5. The Labute approximate surface area is 113 Å². The normalized spacial score (nSPS) is 11.1. The molecule has 0 spiro atoms. The Morgan fingerprint density at radius 3 is 2.85 bits per heavy atom. The van der Waals surface area contributed by atoms with E-state index in [9.17, 15) is 9.59 Å². The molecule has 7 heteroatoms. The SMILES string of the molecule is Cn1ccc(Cn2c(=O)[nH]c3cc(C(=O)O)ccc32)n1. The van der Waals surface area contributed by atoms with Crippen molar-refractivity contribution < 1.29 is 9.90 Å². The number of nitrogens with one attached hydrogen (secondary N) is 1. The molecule has 2 heterocycles. The summed E-state index contributed by atoms with van der Waals surface area (Å²) in [6.45, 7) is 0.339. The van der Waals surface area contributed by atoms with Crippen LogP contribution in [0.25, 0.3) is 11.0 Å². The zero-order valence-corrected chi connectivity index (χ0v) is 10.7. The maximum Gasteiger partial charge on any atom is 0.335 e. The number of imidazole rings is 1. The number of carboxylic acids is 1. The fourth-order valence-corrected chi connectivity index (χ4v) is 2.16. The molecule has 20 heavy (non-hydrogen) atoms. The number of carbonyl (C=O) groups is 1. The highest BCUT2D eigenvalue weighted by Crippen LogP contribution is 2.14. The van der Waals surface area contributed by atoms with E-state index in [0.29, 0.717) is 17.6 Å². The summed E-state index contributed by atoms with van der Waals surface area (Å²) in [6.07, 6.45) is 1.80. The van der Waals surface area contributed by atoms with Gasteiger partial charge in [-0.2, -0.15) is 5.10 Å². The third-order valence-electron chi connectivity index (χ3n) is 3.11. The molecule has 0 radical (unpaired) electrons. The largest absolute Gasteiger partial charge is 0.478 e. The van der Waals surface area contributed by atoms with Gasteiger partial charge in [-0.25, -0.2) is 9.59 Å². The van der Waals surface area contributed by atoms with Crippen LogP contribution < -0.4 is 5.69 Å². The van der Waals surface area contributed by atoms with Crippen LogP contribution >= 0.6 is 0 Å². The molecule has 2 N–H and O–H groups in total. The Kier molecular flexibility index (Phi) is 2.67. The maximum atomic E-state index is 12.0. The molecule has 102 valence electrons. The van der Waals surface area contributed by atoms with Crippen molar-refractivity contribution in [3.8, 4) is 0 Å². The number of hydrogen-bond acceptors (Lipinski definition) is 3. The number of carboxylic acid groups (broad SMARTS) is 1. The fraction of sp³-hybridized carbons (Fsp3) is 0.154. The van der Waals surface area contributed by atoms with Gasteiger partial charge in [0.15, 0.2) is 0 Å². The first kappa shape index (κ1) is 12.2. The molecule has 3 rings (SSSR count). The van der Waals surface area contributed by atoms with Crippen molar-refractivity contribution in [3.63, 3.8) is 0 Å². The van der Waals surface area contributed by atoms with Crippen molar-refractivity contribution in [2.75, 3.05) is 0 Å². The molecule has 3 aromatic rings. The number of hydrogen-bond donors (Lipinski definition) is 2. The van der Waals surface area contributed by atoms with Crippen LogP contribution in [0.5, 0.6) is 0 Å². The summed E-state index contributed by atoms with van der Waals surface area (Å²) >= 11 is 0. The van der Waals surface area contributed by atoms with Gasteiger partial charge in [0.25, 0.3) is 0 Å². The molecule has 2 aromatic heterocycles. The second kappa shape index (κ2) is 4.37. The van der Waals surface area contributed by atoms with Crippen LogP contribution in [0.4, 0.5) is 0 Å². The summed E-state index contributed by atoms with van der Waals surface area (Å²) in [7, 11) is 1.81. The molecule has 0 unspecified atom stereocenters. The predicted molar refractivity (Wildman–Crippen MR) is 71.8 cm³/mol. The molecule has 0 aliphatic carbocycles. The minimum absolute atomic E-state index is 0.142. The number of aromatic nitrogens is 4. The number of fused-ring (bicyclic) bond motifs is 1. The first-order chi connectivity index (χ1) is 9.54. The Bertz CT molecular complexity index is 856. The van der Waals surface area contributed by atoms with Crippen LogP contribution in [0, 0.1) is 0 Å². The molecule has 7 nitrogen and oxygen atoms in total. The molecule has 0 fully saturated rings. The van der Waals surface area contributed by atoms with Crippen molar-refractivity contribution in [2.24, 2.45) is 7.05 Å². The first-order valence-corrected chi connectivity index (χ1v) is 5.99. The lowest BCUT2D eigenvalue weighted by Gasteiger charge is -2.01. The van der Waals surface area contributed by atoms with Gasteiger partial charge in [0.1, 0.15) is 0 Å². The molecular formula is C13H12N4O3. The van der Waals surface area contributed by atoms with Gasteiger partial charge in [-0.05, 0) is 24.3 Å².